The van der Waals surface area contributed by atoms with E-state index in [-0.39, 0.29) is 11.9 Å². The molecule has 0 amide bonds. The second-order valence-electron chi connectivity index (χ2n) is 6.03. The molecule has 1 unspecified atom stereocenters. The Labute approximate surface area is 134 Å². The first-order valence-corrected chi connectivity index (χ1v) is 8.10. The van der Waals surface area contributed by atoms with Crippen LogP contribution in [0.5, 0.6) is 0 Å². The molecule has 0 radical (unpaired) electrons. The van der Waals surface area contributed by atoms with Gasteiger partial charge in [0.15, 0.2) is 5.65 Å². The third-order valence-corrected chi connectivity index (χ3v) is 4.41. The van der Waals surface area contributed by atoms with Gasteiger partial charge in [-0.3, -0.25) is 0 Å². The Kier molecular flexibility index (Phi) is 3.79. The van der Waals surface area contributed by atoms with Crippen molar-refractivity contribution in [2.75, 3.05) is 6.54 Å². The minimum Gasteiger partial charge on any atom is -0.307 e. The Balaban J connectivity index is 1.77. The van der Waals surface area contributed by atoms with Gasteiger partial charge >= 0.3 is 0 Å². The summed E-state index contributed by atoms with van der Waals surface area (Å²) in [7, 11) is 0. The van der Waals surface area contributed by atoms with Crippen LogP contribution in [0.15, 0.2) is 42.6 Å². The first-order valence-electron chi connectivity index (χ1n) is 8.10. The second-order valence-corrected chi connectivity index (χ2v) is 6.03. The van der Waals surface area contributed by atoms with Crippen molar-refractivity contribution in [3.8, 4) is 0 Å². The van der Waals surface area contributed by atoms with E-state index in [1.807, 2.05) is 24.3 Å². The lowest BCUT2D eigenvalue weighted by Crippen LogP contribution is -2.29. The molecule has 3 heterocycles. The number of imidazole rings is 1. The fourth-order valence-corrected chi connectivity index (χ4v) is 3.24. The van der Waals surface area contributed by atoms with Crippen molar-refractivity contribution < 1.29 is 4.39 Å². The summed E-state index contributed by atoms with van der Waals surface area (Å²) in [5.41, 5.74) is 2.85. The molecule has 0 aliphatic carbocycles. The van der Waals surface area contributed by atoms with Crippen LogP contribution in [0.2, 0.25) is 0 Å². The molecule has 1 saturated heterocycles. The molecule has 4 nitrogen and oxygen atoms in total. The zero-order valence-corrected chi connectivity index (χ0v) is 12.9. The first-order chi connectivity index (χ1) is 11.3. The molecule has 0 spiro atoms. The van der Waals surface area contributed by atoms with Crippen LogP contribution in [-0.4, -0.2) is 21.1 Å². The van der Waals surface area contributed by atoms with Crippen molar-refractivity contribution in [3.63, 3.8) is 0 Å². The summed E-state index contributed by atoms with van der Waals surface area (Å²) >= 11 is 0. The van der Waals surface area contributed by atoms with Crippen molar-refractivity contribution >= 4 is 11.2 Å². The number of hydrogen-bond acceptors (Lipinski definition) is 3. The lowest BCUT2D eigenvalue weighted by atomic mass is 10.0. The van der Waals surface area contributed by atoms with Gasteiger partial charge in [0, 0.05) is 6.20 Å². The highest BCUT2D eigenvalue weighted by atomic mass is 19.1. The molecule has 1 aliphatic heterocycles. The molecule has 1 fully saturated rings. The molecule has 2 aromatic heterocycles. The van der Waals surface area contributed by atoms with Gasteiger partial charge in [0.25, 0.3) is 0 Å². The number of nitrogens with one attached hydrogen (secondary N) is 1. The molecule has 1 aliphatic rings. The number of halogens is 1. The average molecular weight is 310 g/mol. The molecule has 4 rings (SSSR count). The zero-order valence-electron chi connectivity index (χ0n) is 12.9. The number of hydrogen-bond donors (Lipinski definition) is 1. The predicted octanol–water partition coefficient (Wildman–Crippen LogP) is 3.43. The van der Waals surface area contributed by atoms with E-state index in [2.05, 4.69) is 14.9 Å². The quantitative estimate of drug-likeness (QED) is 0.806. The lowest BCUT2D eigenvalue weighted by Gasteiger charge is -2.23. The Bertz CT molecular complexity index is 804. The normalized spacial score (nSPS) is 18.4. The molecule has 3 aromatic rings. The van der Waals surface area contributed by atoms with Crippen molar-refractivity contribution in [2.24, 2.45) is 0 Å². The number of nitrogens with zero attached hydrogens (tertiary/aromatic N) is 3. The topological polar surface area (TPSA) is 42.7 Å². The molecule has 1 N–H and O–H groups in total. The maximum atomic E-state index is 13.1. The lowest BCUT2D eigenvalue weighted by molar-refractivity contribution is 0.389. The number of pyridine rings is 1. The smallest absolute Gasteiger partial charge is 0.160 e. The Morgan fingerprint density at radius 1 is 1.17 bits per heavy atom. The zero-order chi connectivity index (χ0) is 15.6. The highest BCUT2D eigenvalue weighted by Gasteiger charge is 2.22. The summed E-state index contributed by atoms with van der Waals surface area (Å²) < 4.78 is 15.3. The number of benzene rings is 1. The van der Waals surface area contributed by atoms with Crippen molar-refractivity contribution in [3.05, 3.63) is 59.8 Å². The Morgan fingerprint density at radius 3 is 2.83 bits per heavy atom. The van der Waals surface area contributed by atoms with E-state index >= 15 is 0 Å². The van der Waals surface area contributed by atoms with Gasteiger partial charge in [0.2, 0.25) is 0 Å². The number of fused-ring (bicyclic) bond motifs is 1. The SMILES string of the molecule is Fc1ccc(Cn2c(C3CCCCN3)nc3cccnc32)cc1. The van der Waals surface area contributed by atoms with Crippen LogP contribution >= 0.6 is 0 Å². The minimum absolute atomic E-state index is 0.212. The van der Waals surface area contributed by atoms with E-state index in [1.54, 1.807) is 6.20 Å². The van der Waals surface area contributed by atoms with Gasteiger partial charge in [-0.05, 0) is 49.2 Å². The van der Waals surface area contributed by atoms with Gasteiger partial charge < -0.3 is 9.88 Å². The highest BCUT2D eigenvalue weighted by Crippen LogP contribution is 2.26. The Morgan fingerprint density at radius 2 is 2.04 bits per heavy atom. The van der Waals surface area contributed by atoms with Crippen molar-refractivity contribution in [2.45, 2.75) is 31.8 Å². The average Bonchev–Trinajstić information content (AvgIpc) is 2.96. The van der Waals surface area contributed by atoms with Crippen LogP contribution in [0.4, 0.5) is 4.39 Å². The van der Waals surface area contributed by atoms with E-state index in [4.69, 9.17) is 4.98 Å². The molecule has 0 saturated carbocycles. The number of rotatable bonds is 3. The summed E-state index contributed by atoms with van der Waals surface area (Å²) in [6.07, 6.45) is 5.31. The van der Waals surface area contributed by atoms with E-state index < -0.39 is 0 Å². The van der Waals surface area contributed by atoms with E-state index in [0.717, 1.165) is 35.5 Å². The molecule has 1 aromatic carbocycles. The van der Waals surface area contributed by atoms with Crippen molar-refractivity contribution in [1.82, 2.24) is 19.9 Å². The molecule has 1 atom stereocenters. The third-order valence-electron chi connectivity index (χ3n) is 4.41. The maximum Gasteiger partial charge on any atom is 0.160 e. The van der Waals surface area contributed by atoms with Crippen LogP contribution in [0, 0.1) is 5.82 Å². The van der Waals surface area contributed by atoms with Gasteiger partial charge in [0.1, 0.15) is 17.2 Å². The van der Waals surface area contributed by atoms with Gasteiger partial charge in [-0.15, -0.1) is 0 Å². The van der Waals surface area contributed by atoms with Gasteiger partial charge in [-0.2, -0.15) is 0 Å². The van der Waals surface area contributed by atoms with Crippen LogP contribution in [0.3, 0.4) is 0 Å². The molecule has 5 heteroatoms. The minimum atomic E-state index is -0.212. The highest BCUT2D eigenvalue weighted by molar-refractivity contribution is 5.71. The summed E-state index contributed by atoms with van der Waals surface area (Å²) in [6, 6.07) is 10.8. The third kappa shape index (κ3) is 2.84. The number of piperidine rings is 1. The predicted molar refractivity (Wildman–Crippen MR) is 87.6 cm³/mol. The van der Waals surface area contributed by atoms with Gasteiger partial charge in [-0.1, -0.05) is 18.6 Å². The first kappa shape index (κ1) is 14.3. The molecular weight excluding hydrogens is 291 g/mol. The summed E-state index contributed by atoms with van der Waals surface area (Å²) in [6.45, 7) is 1.68. The second kappa shape index (κ2) is 6.08. The Hall–Kier alpha value is -2.27. The monoisotopic (exact) mass is 310 g/mol. The van der Waals surface area contributed by atoms with Crippen LogP contribution in [-0.2, 0) is 6.54 Å². The maximum absolute atomic E-state index is 13.1. The summed E-state index contributed by atoms with van der Waals surface area (Å²) in [5.74, 6) is 0.819. The molecule has 118 valence electrons. The fraction of sp³-hybridized carbons (Fsp3) is 0.333. The molecule has 0 bridgehead atoms. The fourth-order valence-electron chi connectivity index (χ4n) is 3.24. The molecular formula is C18H19FN4. The largest absolute Gasteiger partial charge is 0.307 e. The van der Waals surface area contributed by atoms with E-state index in [0.29, 0.717) is 6.54 Å². The number of aromatic nitrogens is 3. The molecule has 23 heavy (non-hydrogen) atoms. The van der Waals surface area contributed by atoms with Crippen molar-refractivity contribution in [1.29, 1.82) is 0 Å². The van der Waals surface area contributed by atoms with Gasteiger partial charge in [-0.25, -0.2) is 14.4 Å². The van der Waals surface area contributed by atoms with Crippen LogP contribution in [0.25, 0.3) is 11.2 Å². The van der Waals surface area contributed by atoms with Gasteiger partial charge in [0.05, 0.1) is 12.6 Å². The summed E-state index contributed by atoms with van der Waals surface area (Å²) in [5, 5.41) is 3.56. The standard InChI is InChI=1S/C18H19FN4/c19-14-8-6-13(7-9-14)12-23-17-16(5-3-11-21-17)22-18(23)15-4-1-2-10-20-15/h3,5-9,11,15,20H,1-2,4,10,12H2. The van der Waals surface area contributed by atoms with Crippen LogP contribution in [0.1, 0.15) is 36.7 Å². The summed E-state index contributed by atoms with van der Waals surface area (Å²) in [4.78, 5) is 9.32. The van der Waals surface area contributed by atoms with Crippen LogP contribution < -0.4 is 5.32 Å². The van der Waals surface area contributed by atoms with E-state index in [1.165, 1.54) is 25.0 Å². The van der Waals surface area contributed by atoms with E-state index in [9.17, 15) is 4.39 Å².